The third kappa shape index (κ3) is 6.83. The molecule has 34 heavy (non-hydrogen) atoms. The van der Waals surface area contributed by atoms with Gasteiger partial charge in [-0.15, -0.1) is 0 Å². The maximum atomic E-state index is 13.0. The molecule has 0 spiro atoms. The van der Waals surface area contributed by atoms with E-state index in [0.717, 1.165) is 22.3 Å². The second kappa shape index (κ2) is 11.2. The molecule has 180 valence electrons. The molecule has 3 aromatic carbocycles. The zero-order chi connectivity index (χ0) is 24.7. The van der Waals surface area contributed by atoms with Crippen molar-refractivity contribution in [2.75, 3.05) is 6.54 Å². The van der Waals surface area contributed by atoms with Crippen LogP contribution in [0, 0.1) is 0 Å². The van der Waals surface area contributed by atoms with E-state index in [1.807, 2.05) is 63.2 Å². The van der Waals surface area contributed by atoms with E-state index in [-0.39, 0.29) is 19.0 Å². The fourth-order valence-electron chi connectivity index (χ4n) is 3.70. The first kappa shape index (κ1) is 25.3. The molecule has 6 heteroatoms. The number of phenols is 1. The number of aromatic hydroxyl groups is 1. The predicted molar refractivity (Wildman–Crippen MR) is 132 cm³/mol. The quantitative estimate of drug-likeness (QED) is 0.436. The summed E-state index contributed by atoms with van der Waals surface area (Å²) in [7, 11) is 0. The van der Waals surface area contributed by atoms with Gasteiger partial charge in [-0.3, -0.25) is 0 Å². The molecular weight excluding hydrogens is 430 g/mol. The number of aliphatic hydroxyl groups is 2. The molecule has 0 heterocycles. The van der Waals surface area contributed by atoms with Gasteiger partial charge in [-0.05, 0) is 61.6 Å². The number of carbonyl (C=O) groups is 1. The molecule has 3 rings (SSSR count). The Bertz CT molecular complexity index is 1060. The van der Waals surface area contributed by atoms with Crippen molar-refractivity contribution in [1.29, 1.82) is 0 Å². The van der Waals surface area contributed by atoms with Gasteiger partial charge in [0.1, 0.15) is 11.4 Å². The van der Waals surface area contributed by atoms with E-state index in [0.29, 0.717) is 30.6 Å². The van der Waals surface area contributed by atoms with E-state index >= 15 is 0 Å². The Morgan fingerprint density at radius 1 is 0.853 bits per heavy atom. The van der Waals surface area contributed by atoms with Crippen molar-refractivity contribution in [3.05, 3.63) is 89.0 Å². The zero-order valence-corrected chi connectivity index (χ0v) is 20.0. The molecule has 0 aliphatic heterocycles. The van der Waals surface area contributed by atoms with E-state index in [9.17, 15) is 20.1 Å². The molecule has 0 fully saturated rings. The fraction of sp³-hybridized carbons (Fsp3) is 0.321. The third-order valence-corrected chi connectivity index (χ3v) is 5.42. The normalized spacial score (nSPS) is 11.3. The van der Waals surface area contributed by atoms with Gasteiger partial charge in [-0.2, -0.15) is 0 Å². The molecule has 0 radical (unpaired) electrons. The first-order chi connectivity index (χ1) is 16.2. The highest BCUT2D eigenvalue weighted by atomic mass is 16.6. The van der Waals surface area contributed by atoms with Crippen LogP contribution in [0.25, 0.3) is 11.1 Å². The van der Waals surface area contributed by atoms with Gasteiger partial charge >= 0.3 is 6.09 Å². The summed E-state index contributed by atoms with van der Waals surface area (Å²) >= 11 is 0. The maximum absolute atomic E-state index is 13.0. The molecule has 0 saturated carbocycles. The van der Waals surface area contributed by atoms with Gasteiger partial charge in [0.25, 0.3) is 0 Å². The number of hydrogen-bond acceptors (Lipinski definition) is 5. The lowest BCUT2D eigenvalue weighted by Crippen LogP contribution is -2.37. The average molecular weight is 464 g/mol. The number of carbonyl (C=O) groups excluding carboxylic acids is 1. The van der Waals surface area contributed by atoms with E-state index in [1.165, 1.54) is 0 Å². The Kier molecular flexibility index (Phi) is 8.31. The summed E-state index contributed by atoms with van der Waals surface area (Å²) in [6.07, 6.45) is 0.0601. The van der Waals surface area contributed by atoms with Gasteiger partial charge in [0, 0.05) is 24.2 Å². The van der Waals surface area contributed by atoms with E-state index < -0.39 is 11.7 Å². The van der Waals surface area contributed by atoms with Crippen molar-refractivity contribution in [3.8, 4) is 16.9 Å². The number of nitrogens with zero attached hydrogens (tertiary/aromatic N) is 1. The summed E-state index contributed by atoms with van der Waals surface area (Å²) in [5.74, 6) is -0.101. The van der Waals surface area contributed by atoms with Crippen LogP contribution in [0.3, 0.4) is 0 Å². The number of benzene rings is 3. The lowest BCUT2D eigenvalue weighted by atomic mass is 10.0. The minimum atomic E-state index is -0.626. The second-order valence-corrected chi connectivity index (χ2v) is 9.29. The van der Waals surface area contributed by atoms with Gasteiger partial charge < -0.3 is 25.0 Å². The van der Waals surface area contributed by atoms with Gasteiger partial charge in [0.15, 0.2) is 0 Å². The second-order valence-electron chi connectivity index (χ2n) is 9.29. The third-order valence-electron chi connectivity index (χ3n) is 5.42. The van der Waals surface area contributed by atoms with Crippen LogP contribution in [0.1, 0.15) is 43.0 Å². The Hall–Kier alpha value is -3.35. The first-order valence-electron chi connectivity index (χ1n) is 11.4. The number of amides is 1. The van der Waals surface area contributed by atoms with Gasteiger partial charge in [-0.25, -0.2) is 4.79 Å². The number of aliphatic hydroxyl groups excluding tert-OH is 2. The summed E-state index contributed by atoms with van der Waals surface area (Å²) in [5.41, 5.74) is 4.08. The summed E-state index contributed by atoms with van der Waals surface area (Å²) in [6.45, 7) is 5.57. The molecule has 0 unspecified atom stereocenters. The molecule has 1 amide bonds. The molecule has 3 N–H and O–H groups in total. The van der Waals surface area contributed by atoms with E-state index in [1.54, 1.807) is 17.0 Å². The zero-order valence-electron chi connectivity index (χ0n) is 20.0. The van der Waals surface area contributed by atoms with Crippen LogP contribution in [0.15, 0.2) is 66.7 Å². The highest BCUT2D eigenvalue weighted by Crippen LogP contribution is 2.26. The average Bonchev–Trinajstić information content (AvgIpc) is 2.82. The summed E-state index contributed by atoms with van der Waals surface area (Å²) in [4.78, 5) is 14.6. The smallest absolute Gasteiger partial charge is 0.410 e. The summed E-state index contributed by atoms with van der Waals surface area (Å²) < 4.78 is 5.63. The van der Waals surface area contributed by atoms with Crippen molar-refractivity contribution < 1.29 is 24.9 Å². The van der Waals surface area contributed by atoms with Crippen LogP contribution in [-0.4, -0.2) is 38.5 Å². The Morgan fingerprint density at radius 3 is 1.94 bits per heavy atom. The summed E-state index contributed by atoms with van der Waals surface area (Å²) in [5, 5.41) is 29.2. The van der Waals surface area contributed by atoms with Crippen molar-refractivity contribution in [2.24, 2.45) is 0 Å². The summed E-state index contributed by atoms with van der Waals surface area (Å²) in [6, 6.07) is 21.6. The van der Waals surface area contributed by atoms with Crippen molar-refractivity contribution in [1.82, 2.24) is 4.90 Å². The van der Waals surface area contributed by atoms with Crippen LogP contribution in [0.2, 0.25) is 0 Å². The van der Waals surface area contributed by atoms with Crippen LogP contribution < -0.4 is 0 Å². The van der Waals surface area contributed by atoms with Crippen LogP contribution in [0.5, 0.6) is 5.75 Å². The van der Waals surface area contributed by atoms with Gasteiger partial charge in [0.05, 0.1) is 13.2 Å². The molecule has 0 aliphatic rings. The van der Waals surface area contributed by atoms with Crippen LogP contribution in [-0.2, 0) is 30.9 Å². The number of hydrogen-bond donors (Lipinski definition) is 3. The molecule has 0 bridgehead atoms. The lowest BCUT2D eigenvalue weighted by molar-refractivity contribution is 0.0235. The lowest BCUT2D eigenvalue weighted by Gasteiger charge is -2.28. The molecule has 0 aromatic heterocycles. The molecule has 3 aromatic rings. The maximum Gasteiger partial charge on any atom is 0.410 e. The van der Waals surface area contributed by atoms with Crippen molar-refractivity contribution >= 4 is 6.09 Å². The number of rotatable bonds is 8. The largest absolute Gasteiger partial charge is 0.507 e. The molecule has 0 atom stereocenters. The van der Waals surface area contributed by atoms with E-state index in [4.69, 9.17) is 4.74 Å². The Balaban J connectivity index is 1.78. The molecule has 6 nitrogen and oxygen atoms in total. The molecular formula is C28H33NO5. The molecule has 0 saturated heterocycles. The minimum Gasteiger partial charge on any atom is -0.507 e. The Morgan fingerprint density at radius 2 is 1.41 bits per heavy atom. The minimum absolute atomic E-state index is 0.101. The monoisotopic (exact) mass is 463 g/mol. The van der Waals surface area contributed by atoms with Crippen LogP contribution >= 0.6 is 0 Å². The van der Waals surface area contributed by atoms with Gasteiger partial charge in [-0.1, -0.05) is 54.6 Å². The van der Waals surface area contributed by atoms with Gasteiger partial charge in [0.2, 0.25) is 0 Å². The number of ether oxygens (including phenoxy) is 1. The fourth-order valence-corrected chi connectivity index (χ4v) is 3.70. The standard InChI is InChI=1S/C28H33NO5/c1-28(2,3)34-27(33)29(14-13-21-15-24(18-30)26(32)25(16-21)19-31)17-20-9-11-23(12-10-20)22-7-5-4-6-8-22/h4-12,15-16,30-32H,13-14,17-19H2,1-3H3. The highest BCUT2D eigenvalue weighted by molar-refractivity contribution is 5.68. The predicted octanol–water partition coefficient (Wildman–Crippen LogP) is 5.02. The highest BCUT2D eigenvalue weighted by Gasteiger charge is 2.22. The van der Waals surface area contributed by atoms with Crippen molar-refractivity contribution in [2.45, 2.75) is 52.6 Å². The SMILES string of the molecule is CC(C)(C)OC(=O)N(CCc1cc(CO)c(O)c(CO)c1)Cc1ccc(-c2ccccc2)cc1. The van der Waals surface area contributed by atoms with Crippen LogP contribution in [0.4, 0.5) is 4.79 Å². The first-order valence-corrected chi connectivity index (χ1v) is 11.4. The van der Waals surface area contributed by atoms with Crippen molar-refractivity contribution in [3.63, 3.8) is 0 Å². The Labute approximate surface area is 201 Å². The molecule has 0 aliphatic carbocycles. The topological polar surface area (TPSA) is 90.2 Å². The van der Waals surface area contributed by atoms with E-state index in [2.05, 4.69) is 12.1 Å².